The van der Waals surface area contributed by atoms with Crippen LogP contribution in [-0.2, 0) is 19.1 Å². The average molecular weight is 396 g/mol. The molecule has 1 amide bonds. The van der Waals surface area contributed by atoms with E-state index in [1.54, 1.807) is 6.92 Å². The first-order valence-electron chi connectivity index (χ1n) is 10.3. The first-order chi connectivity index (χ1) is 12.8. The zero-order valence-electron chi connectivity index (χ0n) is 18.8. The van der Waals surface area contributed by atoms with Gasteiger partial charge in [-0.15, -0.1) is 0 Å². The number of hydrogen-bond donors (Lipinski definition) is 0. The van der Waals surface area contributed by atoms with E-state index >= 15 is 0 Å². The minimum Gasteiger partial charge on any atom is -0.467 e. The number of carbonyl (C=O) groups is 3. The molecule has 28 heavy (non-hydrogen) atoms. The van der Waals surface area contributed by atoms with Crippen molar-refractivity contribution >= 4 is 17.8 Å². The van der Waals surface area contributed by atoms with Crippen molar-refractivity contribution in [2.24, 2.45) is 22.2 Å². The van der Waals surface area contributed by atoms with Gasteiger partial charge >= 0.3 is 12.1 Å². The molecule has 1 heterocycles. The number of Topliss-reactive ketones (excluding diaryl/α,β-unsaturated/α-hetero) is 1. The fourth-order valence-electron chi connectivity index (χ4n) is 5.57. The Balaban J connectivity index is 2.34. The van der Waals surface area contributed by atoms with Crippen LogP contribution in [0.25, 0.3) is 0 Å². The standard InChI is InChI=1S/C22H37NO5/c1-14(24)17-21(5,6)12-11-16(22(17,7)20(2,3)4)28-19(26)23-13-9-10-15(23)18(25)27-8/h15-17H,9-13H2,1-8H3/t15?,16?,17?,22-/m1/s1. The number of ketones is 1. The minimum absolute atomic E-state index is 0.136. The molecule has 0 aromatic carbocycles. The number of esters is 1. The Morgan fingerprint density at radius 2 is 1.68 bits per heavy atom. The van der Waals surface area contributed by atoms with Crippen molar-refractivity contribution in [1.82, 2.24) is 4.90 Å². The van der Waals surface area contributed by atoms with Crippen LogP contribution in [0.4, 0.5) is 4.79 Å². The molecule has 1 aliphatic carbocycles. The van der Waals surface area contributed by atoms with Gasteiger partial charge in [0.05, 0.1) is 7.11 Å². The quantitative estimate of drug-likeness (QED) is 0.670. The molecule has 3 unspecified atom stereocenters. The van der Waals surface area contributed by atoms with Crippen LogP contribution >= 0.6 is 0 Å². The third-order valence-corrected chi connectivity index (χ3v) is 7.33. The van der Waals surface area contributed by atoms with Gasteiger partial charge in [-0.1, -0.05) is 41.5 Å². The SMILES string of the molecule is COC(=O)C1CCCN1C(=O)OC1CCC(C)(C)C(C(C)=O)[C@]1(C)C(C)(C)C. The van der Waals surface area contributed by atoms with Crippen LogP contribution in [0.1, 0.15) is 74.1 Å². The molecule has 6 nitrogen and oxygen atoms in total. The van der Waals surface area contributed by atoms with Crippen molar-refractivity contribution in [3.8, 4) is 0 Å². The van der Waals surface area contributed by atoms with Gasteiger partial charge in [0.15, 0.2) is 0 Å². The molecular weight excluding hydrogens is 358 g/mol. The predicted molar refractivity (Wildman–Crippen MR) is 107 cm³/mol. The predicted octanol–water partition coefficient (Wildman–Crippen LogP) is 4.21. The van der Waals surface area contributed by atoms with Gasteiger partial charge in [0.1, 0.15) is 17.9 Å². The van der Waals surface area contributed by atoms with Crippen molar-refractivity contribution in [2.45, 2.75) is 86.3 Å². The van der Waals surface area contributed by atoms with E-state index in [0.717, 1.165) is 12.8 Å². The minimum atomic E-state index is -0.581. The van der Waals surface area contributed by atoms with E-state index < -0.39 is 23.5 Å². The van der Waals surface area contributed by atoms with Crippen molar-refractivity contribution in [1.29, 1.82) is 0 Å². The van der Waals surface area contributed by atoms with E-state index in [9.17, 15) is 14.4 Å². The highest BCUT2D eigenvalue weighted by Gasteiger charge is 2.60. The van der Waals surface area contributed by atoms with E-state index in [4.69, 9.17) is 9.47 Å². The molecule has 6 heteroatoms. The number of nitrogens with zero attached hydrogens (tertiary/aromatic N) is 1. The second kappa shape index (κ2) is 7.68. The number of ether oxygens (including phenoxy) is 2. The topological polar surface area (TPSA) is 72.9 Å². The molecule has 1 saturated carbocycles. The number of hydrogen-bond acceptors (Lipinski definition) is 5. The maximum absolute atomic E-state index is 13.0. The van der Waals surface area contributed by atoms with Crippen LogP contribution in [0, 0.1) is 22.2 Å². The smallest absolute Gasteiger partial charge is 0.410 e. The molecule has 0 spiro atoms. The number of amides is 1. The highest BCUT2D eigenvalue weighted by atomic mass is 16.6. The van der Waals surface area contributed by atoms with Crippen molar-refractivity contribution in [2.75, 3.05) is 13.7 Å². The molecule has 2 aliphatic rings. The van der Waals surface area contributed by atoms with E-state index in [1.807, 2.05) is 0 Å². The van der Waals surface area contributed by atoms with Crippen molar-refractivity contribution in [3.63, 3.8) is 0 Å². The van der Waals surface area contributed by atoms with E-state index in [-0.39, 0.29) is 28.6 Å². The summed E-state index contributed by atoms with van der Waals surface area (Å²) >= 11 is 0. The zero-order chi connectivity index (χ0) is 21.5. The lowest BCUT2D eigenvalue weighted by Crippen LogP contribution is -2.60. The Hall–Kier alpha value is -1.59. The normalized spacial score (nSPS) is 32.7. The lowest BCUT2D eigenvalue weighted by Gasteiger charge is -2.59. The van der Waals surface area contributed by atoms with Crippen LogP contribution in [0.15, 0.2) is 0 Å². The molecular formula is C22H37NO5. The summed E-state index contributed by atoms with van der Waals surface area (Å²) in [6.07, 6.45) is 1.98. The van der Waals surface area contributed by atoms with Crippen molar-refractivity contribution in [3.05, 3.63) is 0 Å². The van der Waals surface area contributed by atoms with E-state index in [0.29, 0.717) is 19.4 Å². The summed E-state index contributed by atoms with van der Waals surface area (Å²) in [7, 11) is 1.33. The highest BCUT2D eigenvalue weighted by molar-refractivity contribution is 5.82. The monoisotopic (exact) mass is 395 g/mol. The Kier molecular flexibility index (Phi) is 6.22. The van der Waals surface area contributed by atoms with Gasteiger partial charge in [-0.25, -0.2) is 9.59 Å². The number of carbonyl (C=O) groups excluding carboxylic acids is 3. The lowest BCUT2D eigenvalue weighted by atomic mass is 9.46. The first kappa shape index (κ1) is 22.7. The summed E-state index contributed by atoms with van der Waals surface area (Å²) in [5.41, 5.74) is -0.936. The molecule has 0 aromatic rings. The second-order valence-corrected chi connectivity index (χ2v) is 10.4. The van der Waals surface area contributed by atoms with Gasteiger partial charge in [0.25, 0.3) is 0 Å². The summed E-state index contributed by atoms with van der Waals surface area (Å²) in [6.45, 7) is 14.8. The maximum Gasteiger partial charge on any atom is 0.410 e. The largest absolute Gasteiger partial charge is 0.467 e. The molecule has 0 aromatic heterocycles. The maximum atomic E-state index is 13.0. The summed E-state index contributed by atoms with van der Waals surface area (Å²) in [5.74, 6) is -0.488. The van der Waals surface area contributed by atoms with Gasteiger partial charge < -0.3 is 9.47 Å². The molecule has 4 atom stereocenters. The molecule has 0 radical (unpaired) electrons. The number of likely N-dealkylation sites (tertiary alicyclic amines) is 1. The Morgan fingerprint density at radius 1 is 1.07 bits per heavy atom. The summed E-state index contributed by atoms with van der Waals surface area (Å²) in [4.78, 5) is 39.2. The lowest BCUT2D eigenvalue weighted by molar-refractivity contribution is -0.172. The summed E-state index contributed by atoms with van der Waals surface area (Å²) in [6, 6.07) is -0.581. The van der Waals surface area contributed by atoms with Crippen LogP contribution in [0.3, 0.4) is 0 Å². The zero-order valence-corrected chi connectivity index (χ0v) is 18.8. The molecule has 160 valence electrons. The van der Waals surface area contributed by atoms with E-state index in [2.05, 4.69) is 41.5 Å². The number of methoxy groups -OCH3 is 1. The molecule has 1 saturated heterocycles. The summed E-state index contributed by atoms with van der Waals surface area (Å²) < 4.78 is 10.9. The average Bonchev–Trinajstić information content (AvgIpc) is 3.04. The Bertz CT molecular complexity index is 635. The highest BCUT2D eigenvalue weighted by Crippen LogP contribution is 2.60. The van der Waals surface area contributed by atoms with Gasteiger partial charge in [-0.2, -0.15) is 0 Å². The summed E-state index contributed by atoms with van der Waals surface area (Å²) in [5, 5.41) is 0. The fourth-order valence-corrected chi connectivity index (χ4v) is 5.57. The fraction of sp³-hybridized carbons (Fsp3) is 0.864. The Morgan fingerprint density at radius 3 is 2.18 bits per heavy atom. The third-order valence-electron chi connectivity index (χ3n) is 7.33. The van der Waals surface area contributed by atoms with Crippen LogP contribution in [0.2, 0.25) is 0 Å². The third kappa shape index (κ3) is 3.79. The second-order valence-electron chi connectivity index (χ2n) is 10.4. The van der Waals surface area contributed by atoms with Gasteiger partial charge in [0.2, 0.25) is 0 Å². The number of rotatable bonds is 3. The first-order valence-corrected chi connectivity index (χ1v) is 10.3. The van der Waals surface area contributed by atoms with Crippen molar-refractivity contribution < 1.29 is 23.9 Å². The molecule has 2 fully saturated rings. The molecule has 0 bridgehead atoms. The van der Waals surface area contributed by atoms with Crippen LogP contribution in [-0.4, -0.2) is 48.5 Å². The van der Waals surface area contributed by atoms with E-state index in [1.165, 1.54) is 12.0 Å². The van der Waals surface area contributed by atoms with Gasteiger partial charge in [-0.05, 0) is 43.4 Å². The molecule has 1 aliphatic heterocycles. The molecule has 0 N–H and O–H groups in total. The Labute approximate surface area is 169 Å². The van der Waals surface area contributed by atoms with Crippen LogP contribution in [0.5, 0.6) is 0 Å². The van der Waals surface area contributed by atoms with Gasteiger partial charge in [0, 0.05) is 17.9 Å². The van der Waals surface area contributed by atoms with Gasteiger partial charge in [-0.3, -0.25) is 9.69 Å². The van der Waals surface area contributed by atoms with Crippen LogP contribution < -0.4 is 0 Å². The molecule has 2 rings (SSSR count).